The monoisotopic (exact) mass is 337 g/mol. The van der Waals surface area contributed by atoms with Gasteiger partial charge in [-0.25, -0.2) is 0 Å². The summed E-state index contributed by atoms with van der Waals surface area (Å²) in [4.78, 5) is 23.6. The summed E-state index contributed by atoms with van der Waals surface area (Å²) in [5, 5.41) is 11.1. The Morgan fingerprint density at radius 1 is 1.08 bits per heavy atom. The van der Waals surface area contributed by atoms with E-state index in [1.54, 1.807) is 24.3 Å². The van der Waals surface area contributed by atoms with Crippen LogP contribution in [0.5, 0.6) is 5.75 Å². The molecule has 0 fully saturated rings. The Balaban J connectivity index is 2.29. The number of benzene rings is 2. The van der Waals surface area contributed by atoms with Crippen molar-refractivity contribution in [3.8, 4) is 17.1 Å². The molecule has 3 rings (SSSR count). The molecule has 5 nitrogen and oxygen atoms in total. The van der Waals surface area contributed by atoms with E-state index in [-0.39, 0.29) is 11.5 Å². The van der Waals surface area contributed by atoms with Gasteiger partial charge in [0.25, 0.3) is 0 Å². The lowest BCUT2D eigenvalue weighted by molar-refractivity contribution is -0.307. The second-order valence-electron chi connectivity index (χ2n) is 6.05. The molecule has 0 aliphatic rings. The van der Waals surface area contributed by atoms with Crippen LogP contribution in [0.15, 0.2) is 45.6 Å². The molecule has 128 valence electrons. The molecular formula is C20H17O5-. The Hall–Kier alpha value is -3.08. The molecule has 0 saturated carbocycles. The van der Waals surface area contributed by atoms with Crippen molar-refractivity contribution >= 4 is 16.9 Å². The number of rotatable bonds is 4. The second-order valence-corrected chi connectivity index (χ2v) is 6.05. The Morgan fingerprint density at radius 3 is 2.36 bits per heavy atom. The minimum Gasteiger partial charge on any atom is -0.546 e. The molecule has 0 radical (unpaired) electrons. The lowest BCUT2D eigenvalue weighted by Crippen LogP contribution is -2.30. The zero-order valence-electron chi connectivity index (χ0n) is 14.2. The predicted octanol–water partition coefficient (Wildman–Crippen LogP) is 2.51. The molecule has 0 N–H and O–H groups in total. The molecule has 0 amide bonds. The predicted molar refractivity (Wildman–Crippen MR) is 92.6 cm³/mol. The van der Waals surface area contributed by atoms with Gasteiger partial charge in [-0.15, -0.1) is 0 Å². The quantitative estimate of drug-likeness (QED) is 0.731. The van der Waals surface area contributed by atoms with Crippen LogP contribution in [0.3, 0.4) is 0 Å². The molecule has 0 saturated heterocycles. The number of ether oxygens (including phenoxy) is 1. The summed E-state index contributed by atoms with van der Waals surface area (Å²) in [7, 11) is 0. The van der Waals surface area contributed by atoms with Crippen LogP contribution in [0.25, 0.3) is 22.3 Å². The summed E-state index contributed by atoms with van der Waals surface area (Å²) in [5.41, 5.74) is 3.65. The molecule has 3 aromatic rings. The lowest BCUT2D eigenvalue weighted by Gasteiger charge is -2.13. The van der Waals surface area contributed by atoms with Gasteiger partial charge in [0, 0.05) is 5.56 Å². The van der Waals surface area contributed by atoms with Gasteiger partial charge in [-0.05, 0) is 44.0 Å². The van der Waals surface area contributed by atoms with E-state index in [1.807, 2.05) is 32.9 Å². The fourth-order valence-corrected chi connectivity index (χ4v) is 2.59. The van der Waals surface area contributed by atoms with Crippen LogP contribution in [0.2, 0.25) is 0 Å². The second kappa shape index (κ2) is 6.43. The topological polar surface area (TPSA) is 79.6 Å². The van der Waals surface area contributed by atoms with Gasteiger partial charge in [0.2, 0.25) is 11.2 Å². The van der Waals surface area contributed by atoms with Gasteiger partial charge >= 0.3 is 0 Å². The Kier molecular flexibility index (Phi) is 4.31. The summed E-state index contributed by atoms with van der Waals surface area (Å²) in [6.07, 6.45) is 0. The fourth-order valence-electron chi connectivity index (χ4n) is 2.59. The lowest BCUT2D eigenvalue weighted by atomic mass is 10.0. The van der Waals surface area contributed by atoms with E-state index in [1.165, 1.54) is 0 Å². The summed E-state index contributed by atoms with van der Waals surface area (Å²) in [5.74, 6) is -1.32. The first-order valence-electron chi connectivity index (χ1n) is 7.84. The van der Waals surface area contributed by atoms with Crippen molar-refractivity contribution in [2.45, 2.75) is 20.8 Å². The van der Waals surface area contributed by atoms with Crippen molar-refractivity contribution in [1.82, 2.24) is 0 Å². The Morgan fingerprint density at radius 2 is 1.72 bits per heavy atom. The molecule has 2 aromatic carbocycles. The number of fused-ring (bicyclic) bond motifs is 1. The molecule has 1 aromatic heterocycles. The van der Waals surface area contributed by atoms with Gasteiger partial charge in [0.15, 0.2) is 5.76 Å². The van der Waals surface area contributed by atoms with E-state index in [0.29, 0.717) is 16.5 Å². The maximum Gasteiger partial charge on any atom is 0.235 e. The van der Waals surface area contributed by atoms with Crippen LogP contribution in [-0.2, 0) is 4.79 Å². The molecule has 0 atom stereocenters. The van der Waals surface area contributed by atoms with Crippen molar-refractivity contribution in [1.29, 1.82) is 0 Å². The number of carboxylic acids is 1. The van der Waals surface area contributed by atoms with E-state index in [0.717, 1.165) is 16.7 Å². The summed E-state index contributed by atoms with van der Waals surface area (Å²) >= 11 is 0. The van der Waals surface area contributed by atoms with Crippen molar-refractivity contribution in [2.75, 3.05) is 6.61 Å². The van der Waals surface area contributed by atoms with Crippen LogP contribution >= 0.6 is 0 Å². The van der Waals surface area contributed by atoms with E-state index in [4.69, 9.17) is 9.15 Å². The number of hydrogen-bond donors (Lipinski definition) is 0. The third-order valence-corrected chi connectivity index (χ3v) is 4.11. The molecule has 0 bridgehead atoms. The standard InChI is InChI=1S/C20H18O5/c1-11-4-6-14(7-5-11)19-20(24-10-17(21)22)18(23)15-8-12(2)13(3)9-16(15)25-19/h4-9H,10H2,1-3H3,(H,21,22)/p-1. The molecule has 1 heterocycles. The normalized spacial score (nSPS) is 10.8. The van der Waals surface area contributed by atoms with Crippen LogP contribution < -0.4 is 15.3 Å². The number of hydrogen-bond acceptors (Lipinski definition) is 5. The largest absolute Gasteiger partial charge is 0.546 e. The molecule has 0 unspecified atom stereocenters. The highest BCUT2D eigenvalue weighted by molar-refractivity contribution is 5.83. The fraction of sp³-hybridized carbons (Fsp3) is 0.200. The van der Waals surface area contributed by atoms with E-state index < -0.39 is 18.0 Å². The molecule has 5 heteroatoms. The maximum absolute atomic E-state index is 12.9. The van der Waals surface area contributed by atoms with Crippen molar-refractivity contribution in [2.24, 2.45) is 0 Å². The van der Waals surface area contributed by atoms with Crippen LogP contribution in [0.1, 0.15) is 16.7 Å². The first-order valence-corrected chi connectivity index (χ1v) is 7.84. The summed E-state index contributed by atoms with van der Waals surface area (Å²) < 4.78 is 11.2. The Labute approximate surface area is 144 Å². The van der Waals surface area contributed by atoms with Crippen molar-refractivity contribution in [3.63, 3.8) is 0 Å². The van der Waals surface area contributed by atoms with Crippen LogP contribution in [0.4, 0.5) is 0 Å². The third-order valence-electron chi connectivity index (χ3n) is 4.11. The average Bonchev–Trinajstić information content (AvgIpc) is 2.56. The molecule has 0 spiro atoms. The molecule has 25 heavy (non-hydrogen) atoms. The van der Waals surface area contributed by atoms with E-state index in [2.05, 4.69) is 0 Å². The minimum absolute atomic E-state index is 0.121. The first-order chi connectivity index (χ1) is 11.9. The summed E-state index contributed by atoms with van der Waals surface area (Å²) in [6.45, 7) is 5.05. The number of carbonyl (C=O) groups is 1. The Bertz CT molecular complexity index is 1010. The number of carbonyl (C=O) groups excluding carboxylic acids is 1. The molecule has 0 aliphatic carbocycles. The third kappa shape index (κ3) is 3.26. The molecular weight excluding hydrogens is 320 g/mol. The first kappa shape index (κ1) is 16.8. The van der Waals surface area contributed by atoms with Gasteiger partial charge in [-0.3, -0.25) is 4.79 Å². The van der Waals surface area contributed by atoms with Gasteiger partial charge in [-0.1, -0.05) is 29.8 Å². The highest BCUT2D eigenvalue weighted by Crippen LogP contribution is 2.32. The van der Waals surface area contributed by atoms with E-state index in [9.17, 15) is 14.7 Å². The zero-order chi connectivity index (χ0) is 18.1. The number of aryl methyl sites for hydroxylation is 3. The highest BCUT2D eigenvalue weighted by atomic mass is 16.5. The van der Waals surface area contributed by atoms with Gasteiger partial charge < -0.3 is 19.1 Å². The van der Waals surface area contributed by atoms with Gasteiger partial charge in [0.05, 0.1) is 11.4 Å². The van der Waals surface area contributed by atoms with E-state index >= 15 is 0 Å². The summed E-state index contributed by atoms with van der Waals surface area (Å²) in [6, 6.07) is 10.9. The highest BCUT2D eigenvalue weighted by Gasteiger charge is 2.18. The smallest absolute Gasteiger partial charge is 0.235 e. The average molecular weight is 337 g/mol. The van der Waals surface area contributed by atoms with Gasteiger partial charge in [0.1, 0.15) is 12.2 Å². The minimum atomic E-state index is -1.41. The van der Waals surface area contributed by atoms with Crippen molar-refractivity contribution in [3.05, 3.63) is 63.3 Å². The van der Waals surface area contributed by atoms with Crippen molar-refractivity contribution < 1.29 is 19.1 Å². The van der Waals surface area contributed by atoms with Gasteiger partial charge in [-0.2, -0.15) is 0 Å². The number of carboxylic acid groups (broad SMARTS) is 1. The SMILES string of the molecule is Cc1ccc(-c2oc3cc(C)c(C)cc3c(=O)c2OCC(=O)[O-])cc1. The maximum atomic E-state index is 12.9. The zero-order valence-corrected chi connectivity index (χ0v) is 14.2. The van der Waals surface area contributed by atoms with Crippen LogP contribution in [0, 0.1) is 20.8 Å². The number of aliphatic carboxylic acids is 1. The molecule has 0 aliphatic heterocycles. The van der Waals surface area contributed by atoms with Crippen LogP contribution in [-0.4, -0.2) is 12.6 Å².